The van der Waals surface area contributed by atoms with Gasteiger partial charge >= 0.3 is 0 Å². The first-order chi connectivity index (χ1) is 11.1. The van der Waals surface area contributed by atoms with Crippen molar-refractivity contribution in [2.24, 2.45) is 5.41 Å². The van der Waals surface area contributed by atoms with Gasteiger partial charge in [-0.1, -0.05) is 25.1 Å². The molecule has 4 nitrogen and oxygen atoms in total. The Hall–Kier alpha value is -1.81. The Kier molecular flexibility index (Phi) is 4.44. The lowest BCUT2D eigenvalue weighted by Gasteiger charge is -2.40. The highest BCUT2D eigenvalue weighted by molar-refractivity contribution is 5.90. The van der Waals surface area contributed by atoms with Crippen molar-refractivity contribution >= 4 is 16.8 Å². The third kappa shape index (κ3) is 3.00. The summed E-state index contributed by atoms with van der Waals surface area (Å²) in [6, 6.07) is 8.15. The number of H-pyrrole nitrogens is 1. The number of aryl methyl sites for hydroxylation is 1. The van der Waals surface area contributed by atoms with E-state index in [1.807, 2.05) is 30.0 Å². The summed E-state index contributed by atoms with van der Waals surface area (Å²) in [5.41, 5.74) is 3.31. The molecule has 0 unspecified atom stereocenters. The number of aliphatic hydroxyl groups is 1. The number of piperidine rings is 1. The van der Waals surface area contributed by atoms with Crippen molar-refractivity contribution in [1.82, 2.24) is 9.88 Å². The Morgan fingerprint density at radius 1 is 1.30 bits per heavy atom. The first kappa shape index (κ1) is 16.1. The minimum Gasteiger partial charge on any atom is -0.396 e. The topological polar surface area (TPSA) is 56.3 Å². The van der Waals surface area contributed by atoms with Crippen LogP contribution in [0.2, 0.25) is 0 Å². The van der Waals surface area contributed by atoms with Crippen molar-refractivity contribution < 1.29 is 9.90 Å². The molecule has 1 aromatic heterocycles. The summed E-state index contributed by atoms with van der Waals surface area (Å²) < 4.78 is 0. The number of aromatic nitrogens is 1. The molecule has 3 rings (SSSR count). The Bertz CT molecular complexity index is 690. The molecule has 1 aliphatic rings. The number of carbonyl (C=O) groups excluding carboxylic acids is 1. The molecule has 0 aliphatic carbocycles. The fourth-order valence-electron chi connectivity index (χ4n) is 3.68. The van der Waals surface area contributed by atoms with Crippen molar-refractivity contribution in [1.29, 1.82) is 0 Å². The first-order valence-corrected chi connectivity index (χ1v) is 8.53. The van der Waals surface area contributed by atoms with Crippen molar-refractivity contribution in [2.45, 2.75) is 39.5 Å². The van der Waals surface area contributed by atoms with Crippen LogP contribution in [0.5, 0.6) is 0 Å². The van der Waals surface area contributed by atoms with Gasteiger partial charge in [0.25, 0.3) is 0 Å². The number of nitrogens with zero attached hydrogens (tertiary/aromatic N) is 1. The van der Waals surface area contributed by atoms with Gasteiger partial charge in [-0.15, -0.1) is 0 Å². The summed E-state index contributed by atoms with van der Waals surface area (Å²) in [5.74, 6) is 0.195. The second kappa shape index (κ2) is 6.36. The van der Waals surface area contributed by atoms with Gasteiger partial charge in [-0.2, -0.15) is 0 Å². The number of hydrogen-bond donors (Lipinski definition) is 2. The van der Waals surface area contributed by atoms with Crippen LogP contribution in [0.15, 0.2) is 24.3 Å². The molecule has 1 fully saturated rings. The molecule has 0 saturated carbocycles. The number of amides is 1. The third-order valence-corrected chi connectivity index (χ3v) is 5.62. The van der Waals surface area contributed by atoms with E-state index in [1.165, 1.54) is 0 Å². The van der Waals surface area contributed by atoms with Crippen LogP contribution < -0.4 is 0 Å². The lowest BCUT2D eigenvalue weighted by molar-refractivity contribution is -0.133. The van der Waals surface area contributed by atoms with Gasteiger partial charge in [0.15, 0.2) is 0 Å². The summed E-state index contributed by atoms with van der Waals surface area (Å²) in [7, 11) is 0. The zero-order valence-corrected chi connectivity index (χ0v) is 14.1. The van der Waals surface area contributed by atoms with E-state index in [9.17, 15) is 9.90 Å². The van der Waals surface area contributed by atoms with Gasteiger partial charge in [-0.05, 0) is 43.2 Å². The van der Waals surface area contributed by atoms with E-state index in [-0.39, 0.29) is 17.9 Å². The number of aromatic amines is 1. The van der Waals surface area contributed by atoms with Gasteiger partial charge in [0.05, 0.1) is 6.42 Å². The molecule has 0 spiro atoms. The monoisotopic (exact) mass is 314 g/mol. The third-order valence-electron chi connectivity index (χ3n) is 5.62. The average Bonchev–Trinajstić information content (AvgIpc) is 2.90. The molecule has 2 heterocycles. The van der Waals surface area contributed by atoms with Gasteiger partial charge in [0.2, 0.25) is 5.91 Å². The fraction of sp³-hybridized carbons (Fsp3) is 0.526. The van der Waals surface area contributed by atoms with E-state index in [0.717, 1.165) is 54.5 Å². The summed E-state index contributed by atoms with van der Waals surface area (Å²) >= 11 is 0. The molecule has 2 aromatic rings. The maximum absolute atomic E-state index is 12.7. The fourth-order valence-corrected chi connectivity index (χ4v) is 3.68. The van der Waals surface area contributed by atoms with Crippen molar-refractivity contribution in [3.63, 3.8) is 0 Å². The SMILES string of the molecule is CCC1(CO)CCN(C(=O)Cc2c(C)[nH]c3ccccc23)CC1. The van der Waals surface area contributed by atoms with E-state index in [2.05, 4.69) is 18.0 Å². The predicted octanol–water partition coefficient (Wildman–Crippen LogP) is 3.03. The second-order valence-corrected chi connectivity index (χ2v) is 6.84. The Morgan fingerprint density at radius 2 is 2.00 bits per heavy atom. The molecule has 0 bridgehead atoms. The Balaban J connectivity index is 1.71. The maximum atomic E-state index is 12.7. The van der Waals surface area contributed by atoms with Gasteiger partial charge in [-0.3, -0.25) is 4.79 Å². The Morgan fingerprint density at radius 3 is 2.65 bits per heavy atom. The molecular formula is C19H26N2O2. The number of aliphatic hydroxyl groups excluding tert-OH is 1. The molecule has 1 amide bonds. The molecule has 23 heavy (non-hydrogen) atoms. The average molecular weight is 314 g/mol. The van der Waals surface area contributed by atoms with Crippen LogP contribution in [0.25, 0.3) is 10.9 Å². The predicted molar refractivity (Wildman–Crippen MR) is 92.4 cm³/mol. The van der Waals surface area contributed by atoms with Crippen molar-refractivity contribution in [3.8, 4) is 0 Å². The minimum atomic E-state index is 0.0213. The molecule has 1 saturated heterocycles. The molecular weight excluding hydrogens is 288 g/mol. The highest BCUT2D eigenvalue weighted by Crippen LogP contribution is 2.34. The van der Waals surface area contributed by atoms with Gasteiger partial charge < -0.3 is 15.0 Å². The largest absolute Gasteiger partial charge is 0.396 e. The minimum absolute atomic E-state index is 0.0213. The van der Waals surface area contributed by atoms with Crippen LogP contribution >= 0.6 is 0 Å². The number of fused-ring (bicyclic) bond motifs is 1. The summed E-state index contributed by atoms with van der Waals surface area (Å²) in [4.78, 5) is 18.0. The highest BCUT2D eigenvalue weighted by Gasteiger charge is 2.33. The lowest BCUT2D eigenvalue weighted by atomic mass is 9.77. The number of hydrogen-bond acceptors (Lipinski definition) is 2. The highest BCUT2D eigenvalue weighted by atomic mass is 16.3. The Labute approximate surface area is 137 Å². The van der Waals surface area contributed by atoms with Crippen LogP contribution in [0, 0.1) is 12.3 Å². The molecule has 2 N–H and O–H groups in total. The molecule has 1 aliphatic heterocycles. The van der Waals surface area contributed by atoms with Crippen LogP contribution in [0.1, 0.15) is 37.4 Å². The molecule has 0 atom stereocenters. The molecule has 4 heteroatoms. The van der Waals surface area contributed by atoms with Gasteiger partial charge in [0.1, 0.15) is 0 Å². The summed E-state index contributed by atoms with van der Waals surface area (Å²) in [5, 5.41) is 10.8. The van der Waals surface area contributed by atoms with Crippen molar-refractivity contribution in [2.75, 3.05) is 19.7 Å². The van der Waals surface area contributed by atoms with Crippen molar-refractivity contribution in [3.05, 3.63) is 35.5 Å². The summed E-state index contributed by atoms with van der Waals surface area (Å²) in [6.45, 7) is 5.91. The van der Waals surface area contributed by atoms with Gasteiger partial charge in [0, 0.05) is 36.3 Å². The van der Waals surface area contributed by atoms with E-state index in [0.29, 0.717) is 6.42 Å². The number of carbonyl (C=O) groups is 1. The molecule has 0 radical (unpaired) electrons. The van der Waals surface area contributed by atoms with Gasteiger partial charge in [-0.25, -0.2) is 0 Å². The molecule has 124 valence electrons. The standard InChI is InChI=1S/C19H26N2O2/c1-3-19(13-22)8-10-21(11-9-19)18(23)12-16-14(2)20-17-7-5-4-6-15(16)17/h4-7,20,22H,3,8-13H2,1-2H3. The number of benzene rings is 1. The maximum Gasteiger partial charge on any atom is 0.227 e. The van der Waals surface area contributed by atoms with Crippen LogP contribution in [-0.2, 0) is 11.2 Å². The lowest BCUT2D eigenvalue weighted by Crippen LogP contribution is -2.45. The normalized spacial score (nSPS) is 17.6. The van der Waals surface area contributed by atoms with Crippen LogP contribution in [0.3, 0.4) is 0 Å². The number of para-hydroxylation sites is 1. The number of rotatable bonds is 4. The summed E-state index contributed by atoms with van der Waals surface area (Å²) in [6.07, 6.45) is 3.23. The van der Waals surface area contributed by atoms with E-state index in [1.54, 1.807) is 0 Å². The van der Waals surface area contributed by atoms with E-state index < -0.39 is 0 Å². The van der Waals surface area contributed by atoms with Crippen LogP contribution in [-0.4, -0.2) is 40.6 Å². The second-order valence-electron chi connectivity index (χ2n) is 6.84. The molecule has 1 aromatic carbocycles. The zero-order chi connectivity index (χ0) is 16.4. The quantitative estimate of drug-likeness (QED) is 0.911. The smallest absolute Gasteiger partial charge is 0.227 e. The first-order valence-electron chi connectivity index (χ1n) is 8.53. The number of nitrogens with one attached hydrogen (secondary N) is 1. The van der Waals surface area contributed by atoms with Crippen LogP contribution in [0.4, 0.5) is 0 Å². The van der Waals surface area contributed by atoms with E-state index in [4.69, 9.17) is 0 Å². The zero-order valence-electron chi connectivity index (χ0n) is 14.1. The van der Waals surface area contributed by atoms with E-state index >= 15 is 0 Å². The number of likely N-dealkylation sites (tertiary alicyclic amines) is 1.